The molecule has 1 heterocycles. The van der Waals surface area contributed by atoms with Crippen LogP contribution in [0.2, 0.25) is 0 Å². The molecule has 1 saturated carbocycles. The molecule has 0 radical (unpaired) electrons. The maximum Gasteiger partial charge on any atom is 0.238 e. The van der Waals surface area contributed by atoms with Gasteiger partial charge in [-0.1, -0.05) is 6.07 Å². The maximum atomic E-state index is 14.3. The second-order valence-electron chi connectivity index (χ2n) is 7.55. The summed E-state index contributed by atoms with van der Waals surface area (Å²) in [6.07, 6.45) is -0.117. The van der Waals surface area contributed by atoms with E-state index in [-0.39, 0.29) is 17.1 Å². The third kappa shape index (κ3) is 2.08. The maximum absolute atomic E-state index is 14.3. The number of carbonyl (C=O) groups excluding carboxylic acids is 3. The standard InChI is InChI=1S/C20H10F5NO4/c21-13-14(22)16(24)18(17(25)15(13)23)26-19(29)11-8-4-9(28)10(12(11)20(26)30)7-3-5(27)1-2-6(7)8/h1-3,8,10-12,27H,4H2/t8-,10-,11-,12+/m0/s1. The molecule has 2 aromatic carbocycles. The molecule has 1 aliphatic heterocycles. The van der Waals surface area contributed by atoms with E-state index in [1.807, 2.05) is 0 Å². The van der Waals surface area contributed by atoms with Gasteiger partial charge in [0.25, 0.3) is 0 Å². The smallest absolute Gasteiger partial charge is 0.238 e. The van der Waals surface area contributed by atoms with E-state index in [9.17, 15) is 41.4 Å². The Morgan fingerprint density at radius 2 is 1.37 bits per heavy atom. The highest BCUT2D eigenvalue weighted by Crippen LogP contribution is 2.58. The lowest BCUT2D eigenvalue weighted by atomic mass is 9.56. The van der Waals surface area contributed by atoms with E-state index in [0.717, 1.165) is 0 Å². The van der Waals surface area contributed by atoms with Crippen LogP contribution in [0.1, 0.15) is 29.4 Å². The van der Waals surface area contributed by atoms with Crippen molar-refractivity contribution in [1.82, 2.24) is 0 Å². The van der Waals surface area contributed by atoms with Crippen molar-refractivity contribution in [1.29, 1.82) is 0 Å². The number of hydrogen-bond donors (Lipinski definition) is 1. The van der Waals surface area contributed by atoms with Crippen LogP contribution in [0.4, 0.5) is 27.6 Å². The van der Waals surface area contributed by atoms with Gasteiger partial charge in [0.05, 0.1) is 17.8 Å². The highest BCUT2D eigenvalue weighted by molar-refractivity contribution is 6.24. The van der Waals surface area contributed by atoms with E-state index in [4.69, 9.17) is 0 Å². The molecule has 2 fully saturated rings. The molecule has 10 heteroatoms. The van der Waals surface area contributed by atoms with Crippen molar-refractivity contribution in [3.8, 4) is 5.75 Å². The van der Waals surface area contributed by atoms with E-state index >= 15 is 0 Å². The fourth-order valence-electron chi connectivity index (χ4n) is 5.01. The molecule has 4 aliphatic rings. The Morgan fingerprint density at radius 1 is 0.800 bits per heavy atom. The Kier molecular flexibility index (Phi) is 3.66. The van der Waals surface area contributed by atoms with Crippen LogP contribution in [-0.4, -0.2) is 22.7 Å². The normalized spacial score (nSPS) is 27.0. The fraction of sp³-hybridized carbons (Fsp3) is 0.250. The molecule has 2 bridgehead atoms. The Bertz CT molecular complexity index is 1170. The number of nitrogens with zero attached hydrogens (tertiary/aromatic N) is 1. The number of anilines is 1. The van der Waals surface area contributed by atoms with E-state index in [2.05, 4.69) is 0 Å². The molecular weight excluding hydrogens is 413 g/mol. The number of hydrogen-bond acceptors (Lipinski definition) is 4. The number of phenolic OH excluding ortho intramolecular Hbond substituents is 1. The zero-order valence-corrected chi connectivity index (χ0v) is 14.8. The highest BCUT2D eigenvalue weighted by Gasteiger charge is 2.63. The first-order valence-corrected chi connectivity index (χ1v) is 8.89. The summed E-state index contributed by atoms with van der Waals surface area (Å²) in [4.78, 5) is 38.6. The van der Waals surface area contributed by atoms with Gasteiger partial charge in [0.15, 0.2) is 23.3 Å². The average molecular weight is 423 g/mol. The van der Waals surface area contributed by atoms with Crippen molar-refractivity contribution in [2.75, 3.05) is 4.90 Å². The molecular formula is C20H10F5NO4. The van der Waals surface area contributed by atoms with Crippen molar-refractivity contribution < 1.29 is 41.4 Å². The van der Waals surface area contributed by atoms with Gasteiger partial charge in [-0.2, -0.15) is 0 Å². The fourth-order valence-corrected chi connectivity index (χ4v) is 5.01. The monoisotopic (exact) mass is 423 g/mol. The lowest BCUT2D eigenvalue weighted by Crippen LogP contribution is -2.44. The summed E-state index contributed by atoms with van der Waals surface area (Å²) >= 11 is 0. The first-order valence-electron chi connectivity index (χ1n) is 8.89. The Labute approximate surface area is 164 Å². The molecule has 0 spiro atoms. The minimum atomic E-state index is -2.41. The molecule has 4 atom stereocenters. The summed E-state index contributed by atoms with van der Waals surface area (Å²) < 4.78 is 69.4. The van der Waals surface area contributed by atoms with Crippen molar-refractivity contribution in [3.05, 3.63) is 58.4 Å². The molecule has 0 unspecified atom stereocenters. The Morgan fingerprint density at radius 3 is 2.00 bits per heavy atom. The molecule has 6 rings (SSSR count). The van der Waals surface area contributed by atoms with Crippen molar-refractivity contribution in [3.63, 3.8) is 0 Å². The summed E-state index contributed by atoms with van der Waals surface area (Å²) in [6, 6.07) is 4.10. The lowest BCUT2D eigenvalue weighted by Gasteiger charge is -2.43. The molecule has 1 saturated heterocycles. The second kappa shape index (κ2) is 5.87. The van der Waals surface area contributed by atoms with Gasteiger partial charge in [-0.05, 0) is 23.3 Å². The molecule has 3 aliphatic carbocycles. The number of ketones is 1. The van der Waals surface area contributed by atoms with Crippen LogP contribution >= 0.6 is 0 Å². The number of rotatable bonds is 1. The SMILES string of the molecule is O=C1C[C@H]2c3ccc(O)cc3[C@@H]1[C@H]1C(=O)N(c3c(F)c(F)c(F)c(F)c3F)C(=O)[C@H]12. The van der Waals surface area contributed by atoms with Gasteiger partial charge in [0.1, 0.15) is 17.2 Å². The Hall–Kier alpha value is -3.30. The highest BCUT2D eigenvalue weighted by atomic mass is 19.2. The van der Waals surface area contributed by atoms with Gasteiger partial charge in [0.2, 0.25) is 17.6 Å². The van der Waals surface area contributed by atoms with E-state index < -0.39 is 76.0 Å². The second-order valence-corrected chi connectivity index (χ2v) is 7.55. The third-order valence-electron chi connectivity index (χ3n) is 6.17. The van der Waals surface area contributed by atoms with E-state index in [1.165, 1.54) is 18.2 Å². The number of fused-ring (bicyclic) bond motifs is 1. The number of halogens is 5. The third-order valence-corrected chi connectivity index (χ3v) is 6.17. The van der Waals surface area contributed by atoms with Gasteiger partial charge >= 0.3 is 0 Å². The molecule has 2 aromatic rings. The first-order chi connectivity index (χ1) is 14.1. The van der Waals surface area contributed by atoms with Gasteiger partial charge in [-0.25, -0.2) is 26.9 Å². The van der Waals surface area contributed by atoms with Crippen LogP contribution in [0, 0.1) is 40.9 Å². The summed E-state index contributed by atoms with van der Waals surface area (Å²) in [5.41, 5.74) is -0.800. The molecule has 5 nitrogen and oxygen atoms in total. The van der Waals surface area contributed by atoms with E-state index in [1.54, 1.807) is 0 Å². The van der Waals surface area contributed by atoms with Crippen LogP contribution in [0.15, 0.2) is 18.2 Å². The molecule has 1 N–H and O–H groups in total. The number of carbonyl (C=O) groups is 3. The number of benzene rings is 2. The minimum absolute atomic E-state index is 0.0318. The summed E-state index contributed by atoms with van der Waals surface area (Å²) in [7, 11) is 0. The number of aromatic hydroxyl groups is 1. The Balaban J connectivity index is 1.70. The van der Waals surface area contributed by atoms with Crippen LogP contribution in [0.5, 0.6) is 5.75 Å². The largest absolute Gasteiger partial charge is 0.508 e. The number of imide groups is 1. The topological polar surface area (TPSA) is 74.7 Å². The van der Waals surface area contributed by atoms with Crippen molar-refractivity contribution in [2.24, 2.45) is 11.8 Å². The summed E-state index contributed by atoms with van der Waals surface area (Å²) in [5, 5.41) is 9.76. The predicted molar refractivity (Wildman–Crippen MR) is 88.9 cm³/mol. The number of Topliss-reactive ketones (excluding diaryl/α,β-unsaturated/α-hetero) is 1. The van der Waals surface area contributed by atoms with Gasteiger partial charge in [0, 0.05) is 12.3 Å². The van der Waals surface area contributed by atoms with Crippen molar-refractivity contribution >= 4 is 23.3 Å². The molecule has 2 amide bonds. The van der Waals surface area contributed by atoms with Crippen LogP contribution in [0.25, 0.3) is 0 Å². The quantitative estimate of drug-likeness (QED) is 0.331. The summed E-state index contributed by atoms with van der Waals surface area (Å²) in [6.45, 7) is 0. The zero-order chi connectivity index (χ0) is 21.6. The van der Waals surface area contributed by atoms with Crippen LogP contribution in [0.3, 0.4) is 0 Å². The predicted octanol–water partition coefficient (Wildman–Crippen LogP) is 3.05. The van der Waals surface area contributed by atoms with Crippen LogP contribution in [-0.2, 0) is 14.4 Å². The number of phenols is 1. The molecule has 0 aromatic heterocycles. The number of amides is 2. The van der Waals surface area contributed by atoms with Crippen LogP contribution < -0.4 is 4.90 Å². The lowest BCUT2D eigenvalue weighted by molar-refractivity contribution is -0.134. The average Bonchev–Trinajstić information content (AvgIpc) is 2.97. The molecule has 30 heavy (non-hydrogen) atoms. The molecule has 154 valence electrons. The van der Waals surface area contributed by atoms with E-state index in [0.29, 0.717) is 11.1 Å². The first kappa shape index (κ1) is 18.7. The zero-order valence-electron chi connectivity index (χ0n) is 14.8. The van der Waals surface area contributed by atoms with Crippen molar-refractivity contribution in [2.45, 2.75) is 18.3 Å². The van der Waals surface area contributed by atoms with Gasteiger partial charge < -0.3 is 5.11 Å². The van der Waals surface area contributed by atoms with Gasteiger partial charge in [-0.15, -0.1) is 0 Å². The minimum Gasteiger partial charge on any atom is -0.508 e. The van der Waals surface area contributed by atoms with Gasteiger partial charge in [-0.3, -0.25) is 14.4 Å². The summed E-state index contributed by atoms with van der Waals surface area (Å²) in [5.74, 6) is -19.0.